The Balaban J connectivity index is 1.24. The maximum Gasteiger partial charge on any atom is 0.349 e. The Labute approximate surface area is 195 Å². The highest BCUT2D eigenvalue weighted by Crippen LogP contribution is 2.29. The number of fused-ring (bicyclic) bond motifs is 3. The first kappa shape index (κ1) is 21.8. The fourth-order valence-corrected chi connectivity index (χ4v) is 5.94. The zero-order valence-electron chi connectivity index (χ0n) is 18.9. The van der Waals surface area contributed by atoms with Gasteiger partial charge in [0.2, 0.25) is 0 Å². The molecule has 3 aromatic rings. The molecule has 1 amide bonds. The quantitative estimate of drug-likeness (QED) is 0.581. The number of thiophene rings is 1. The molecule has 1 aromatic carbocycles. The molecule has 2 aliphatic rings. The van der Waals surface area contributed by atoms with E-state index in [1.54, 1.807) is 11.5 Å². The van der Waals surface area contributed by atoms with Crippen LogP contribution in [0, 0.1) is 6.92 Å². The Bertz CT molecular complexity index is 1320. The van der Waals surface area contributed by atoms with Crippen molar-refractivity contribution in [3.63, 3.8) is 0 Å². The van der Waals surface area contributed by atoms with Gasteiger partial charge < -0.3 is 10.1 Å². The van der Waals surface area contributed by atoms with Gasteiger partial charge in [0.15, 0.2) is 6.61 Å². The number of hydrogen-bond donors (Lipinski definition) is 1. The Morgan fingerprint density at radius 1 is 1.18 bits per heavy atom. The topological polar surface area (TPSA) is 90.3 Å². The van der Waals surface area contributed by atoms with Gasteiger partial charge in [-0.05, 0) is 68.2 Å². The van der Waals surface area contributed by atoms with E-state index in [4.69, 9.17) is 4.74 Å². The van der Waals surface area contributed by atoms with Crippen molar-refractivity contribution in [1.82, 2.24) is 14.9 Å². The molecule has 1 aliphatic heterocycles. The molecule has 0 saturated heterocycles. The summed E-state index contributed by atoms with van der Waals surface area (Å²) in [7, 11) is 0. The average molecular weight is 466 g/mol. The van der Waals surface area contributed by atoms with Crippen LogP contribution in [0.15, 0.2) is 23.0 Å². The first-order valence-electron chi connectivity index (χ1n) is 11.5. The summed E-state index contributed by atoms with van der Waals surface area (Å²) in [6.45, 7) is 3.96. The van der Waals surface area contributed by atoms with E-state index in [2.05, 4.69) is 28.5 Å². The van der Waals surface area contributed by atoms with E-state index in [1.807, 2.05) is 6.92 Å². The number of esters is 1. The molecule has 33 heavy (non-hydrogen) atoms. The molecule has 0 radical (unpaired) electrons. The lowest BCUT2D eigenvalue weighted by molar-refractivity contribution is -0.124. The molecule has 7 nitrogen and oxygen atoms in total. The second-order valence-corrected chi connectivity index (χ2v) is 9.92. The van der Waals surface area contributed by atoms with Crippen LogP contribution >= 0.6 is 11.3 Å². The van der Waals surface area contributed by atoms with Crippen LogP contribution in [0.1, 0.15) is 70.0 Å². The molecule has 3 heterocycles. The van der Waals surface area contributed by atoms with Gasteiger partial charge in [-0.25, -0.2) is 9.78 Å². The number of rotatable bonds is 5. The highest BCUT2D eigenvalue weighted by molar-refractivity contribution is 7.20. The largest absolute Gasteiger partial charge is 0.451 e. The van der Waals surface area contributed by atoms with Crippen molar-refractivity contribution in [1.29, 1.82) is 0 Å². The molecule has 1 N–H and O–H groups in total. The zero-order valence-corrected chi connectivity index (χ0v) is 19.7. The molecule has 172 valence electrons. The van der Waals surface area contributed by atoms with E-state index in [-0.39, 0.29) is 24.1 Å². The third kappa shape index (κ3) is 4.08. The first-order valence-corrected chi connectivity index (χ1v) is 12.3. The molecule has 0 bridgehead atoms. The molecule has 0 spiro atoms. The Morgan fingerprint density at radius 3 is 2.79 bits per heavy atom. The standard InChI is InChI=1S/C25H27N3O4S/c1-14-21-23(27-19-8-5-11-28(19)24(21)30)33-22(14)25(31)32-13-20(29)26-15(2)17-10-9-16-6-3-4-7-18(16)12-17/h9-10,12,15H,3-8,11,13H2,1-2H3,(H,26,29). The molecular formula is C25H27N3O4S. The second kappa shape index (κ2) is 8.74. The van der Waals surface area contributed by atoms with Crippen LogP contribution in [0.4, 0.5) is 0 Å². The maximum absolute atomic E-state index is 12.8. The highest BCUT2D eigenvalue weighted by atomic mass is 32.1. The van der Waals surface area contributed by atoms with Crippen LogP contribution in [0.5, 0.6) is 0 Å². The number of amides is 1. The number of benzene rings is 1. The minimum absolute atomic E-state index is 0.100. The maximum atomic E-state index is 12.8. The van der Waals surface area contributed by atoms with Gasteiger partial charge in [0.05, 0.1) is 11.4 Å². The summed E-state index contributed by atoms with van der Waals surface area (Å²) in [5, 5.41) is 3.39. The lowest BCUT2D eigenvalue weighted by Gasteiger charge is -2.20. The second-order valence-electron chi connectivity index (χ2n) is 8.93. The van der Waals surface area contributed by atoms with Gasteiger partial charge in [-0.1, -0.05) is 18.2 Å². The third-order valence-corrected chi connectivity index (χ3v) is 7.85. The summed E-state index contributed by atoms with van der Waals surface area (Å²) in [5.41, 5.74) is 4.28. The van der Waals surface area contributed by atoms with Crippen molar-refractivity contribution in [2.75, 3.05) is 6.61 Å². The number of ether oxygens (including phenoxy) is 1. The zero-order chi connectivity index (χ0) is 23.1. The van der Waals surface area contributed by atoms with Crippen molar-refractivity contribution in [2.45, 2.75) is 65.0 Å². The van der Waals surface area contributed by atoms with E-state index < -0.39 is 5.97 Å². The van der Waals surface area contributed by atoms with E-state index >= 15 is 0 Å². The van der Waals surface area contributed by atoms with Gasteiger partial charge in [0.1, 0.15) is 15.5 Å². The summed E-state index contributed by atoms with van der Waals surface area (Å²) < 4.78 is 6.98. The van der Waals surface area contributed by atoms with E-state index in [9.17, 15) is 14.4 Å². The van der Waals surface area contributed by atoms with Crippen LogP contribution in [0.3, 0.4) is 0 Å². The lowest BCUT2D eigenvalue weighted by Crippen LogP contribution is -2.31. The normalized spacial score (nSPS) is 15.7. The van der Waals surface area contributed by atoms with Gasteiger partial charge in [-0.2, -0.15) is 0 Å². The van der Waals surface area contributed by atoms with E-state index in [1.165, 1.54) is 24.0 Å². The number of hydrogen-bond acceptors (Lipinski definition) is 6. The van der Waals surface area contributed by atoms with Gasteiger partial charge >= 0.3 is 5.97 Å². The molecule has 2 aromatic heterocycles. The van der Waals surface area contributed by atoms with Crippen molar-refractivity contribution < 1.29 is 14.3 Å². The Morgan fingerprint density at radius 2 is 1.97 bits per heavy atom. The molecule has 1 aliphatic carbocycles. The average Bonchev–Trinajstić information content (AvgIpc) is 3.42. The van der Waals surface area contributed by atoms with Crippen LogP contribution in [0.25, 0.3) is 10.2 Å². The van der Waals surface area contributed by atoms with Crippen LogP contribution in [-0.4, -0.2) is 28.0 Å². The van der Waals surface area contributed by atoms with Crippen molar-refractivity contribution in [2.24, 2.45) is 0 Å². The fourth-order valence-electron chi connectivity index (χ4n) is 4.86. The molecule has 1 atom stereocenters. The van der Waals surface area contributed by atoms with Crippen LogP contribution in [0.2, 0.25) is 0 Å². The number of carbonyl (C=O) groups is 2. The number of aryl methyl sites for hydroxylation is 4. The molecule has 8 heteroatoms. The third-order valence-electron chi connectivity index (χ3n) is 6.68. The first-order chi connectivity index (χ1) is 15.9. The van der Waals surface area contributed by atoms with E-state index in [0.29, 0.717) is 27.2 Å². The van der Waals surface area contributed by atoms with Gasteiger partial charge in [-0.15, -0.1) is 11.3 Å². The summed E-state index contributed by atoms with van der Waals surface area (Å²) in [6, 6.07) is 6.21. The van der Waals surface area contributed by atoms with Crippen molar-refractivity contribution in [3.8, 4) is 0 Å². The highest BCUT2D eigenvalue weighted by Gasteiger charge is 2.24. The smallest absolute Gasteiger partial charge is 0.349 e. The molecule has 5 rings (SSSR count). The van der Waals surface area contributed by atoms with Crippen LogP contribution in [-0.2, 0) is 35.3 Å². The van der Waals surface area contributed by atoms with Crippen molar-refractivity contribution in [3.05, 3.63) is 61.5 Å². The number of nitrogens with one attached hydrogen (secondary N) is 1. The molecule has 1 unspecified atom stereocenters. The minimum Gasteiger partial charge on any atom is -0.451 e. The van der Waals surface area contributed by atoms with Gasteiger partial charge in [0.25, 0.3) is 11.5 Å². The fraction of sp³-hybridized carbons (Fsp3) is 0.440. The SMILES string of the molecule is Cc1c(C(=O)OCC(=O)NC(C)c2ccc3c(c2)CCCC3)sc2nc3n(c(=O)c12)CCC3. The predicted molar refractivity (Wildman–Crippen MR) is 127 cm³/mol. The summed E-state index contributed by atoms with van der Waals surface area (Å²) in [5.74, 6) is -0.189. The number of nitrogens with zero attached hydrogens (tertiary/aromatic N) is 2. The summed E-state index contributed by atoms with van der Waals surface area (Å²) >= 11 is 1.16. The van der Waals surface area contributed by atoms with Crippen molar-refractivity contribution >= 4 is 33.4 Å². The predicted octanol–water partition coefficient (Wildman–Crippen LogP) is 3.63. The molecular weight excluding hydrogens is 438 g/mol. The number of carbonyl (C=O) groups excluding carboxylic acids is 2. The molecule has 0 fully saturated rings. The molecule has 0 saturated carbocycles. The van der Waals surface area contributed by atoms with Gasteiger partial charge in [-0.3, -0.25) is 14.2 Å². The Kier molecular flexibility index (Phi) is 5.78. The number of aromatic nitrogens is 2. The van der Waals surface area contributed by atoms with E-state index in [0.717, 1.165) is 48.4 Å². The summed E-state index contributed by atoms with van der Waals surface area (Å²) in [4.78, 5) is 43.4. The van der Waals surface area contributed by atoms with Gasteiger partial charge in [0, 0.05) is 13.0 Å². The minimum atomic E-state index is -0.600. The lowest BCUT2D eigenvalue weighted by atomic mass is 9.89. The monoisotopic (exact) mass is 465 g/mol. The Hall–Kier alpha value is -3.00. The summed E-state index contributed by atoms with van der Waals surface area (Å²) in [6.07, 6.45) is 6.31. The van der Waals surface area contributed by atoms with Crippen LogP contribution < -0.4 is 10.9 Å².